The van der Waals surface area contributed by atoms with Gasteiger partial charge in [-0.15, -0.1) is 11.3 Å². The van der Waals surface area contributed by atoms with Crippen LogP contribution >= 0.6 is 11.3 Å². The lowest BCUT2D eigenvalue weighted by Crippen LogP contribution is -2.35. The first kappa shape index (κ1) is 17.1. The van der Waals surface area contributed by atoms with Gasteiger partial charge in [-0.3, -0.25) is 0 Å². The lowest BCUT2D eigenvalue weighted by molar-refractivity contribution is -0.140. The Morgan fingerprint density at radius 1 is 1.33 bits per heavy atom. The van der Waals surface area contributed by atoms with Gasteiger partial charge in [-0.05, 0) is 19.3 Å². The van der Waals surface area contributed by atoms with Gasteiger partial charge in [0.1, 0.15) is 6.33 Å². The standard InChI is InChI=1S/C15H16F4N4S/c1-2-10-12(16)13(21-8-20-10)23-5-3-4-9(6-23)14-22-11(7-24-14)15(17,18)19/h7-9H,2-6H2,1H3. The molecule has 24 heavy (non-hydrogen) atoms. The Labute approximate surface area is 140 Å². The van der Waals surface area contributed by atoms with Gasteiger partial charge >= 0.3 is 6.18 Å². The fourth-order valence-electron chi connectivity index (χ4n) is 2.84. The molecule has 1 saturated heterocycles. The molecule has 0 spiro atoms. The zero-order valence-corrected chi connectivity index (χ0v) is 13.8. The molecule has 4 nitrogen and oxygen atoms in total. The Morgan fingerprint density at radius 2 is 2.12 bits per heavy atom. The second-order valence-electron chi connectivity index (χ2n) is 5.67. The van der Waals surface area contributed by atoms with Crippen molar-refractivity contribution in [2.24, 2.45) is 0 Å². The number of aryl methyl sites for hydroxylation is 1. The van der Waals surface area contributed by atoms with E-state index in [2.05, 4.69) is 15.0 Å². The van der Waals surface area contributed by atoms with Gasteiger partial charge in [0, 0.05) is 24.4 Å². The number of hydrogen-bond acceptors (Lipinski definition) is 5. The Balaban J connectivity index is 1.81. The number of alkyl halides is 3. The Kier molecular flexibility index (Phi) is 4.71. The molecule has 0 amide bonds. The van der Waals surface area contributed by atoms with Crippen molar-refractivity contribution in [3.8, 4) is 0 Å². The van der Waals surface area contributed by atoms with Gasteiger partial charge in [-0.25, -0.2) is 19.3 Å². The molecule has 0 saturated carbocycles. The van der Waals surface area contributed by atoms with E-state index in [4.69, 9.17) is 0 Å². The van der Waals surface area contributed by atoms with Gasteiger partial charge in [0.25, 0.3) is 0 Å². The minimum atomic E-state index is -4.43. The molecule has 0 aliphatic carbocycles. The molecule has 0 radical (unpaired) electrons. The van der Waals surface area contributed by atoms with E-state index in [1.807, 2.05) is 6.92 Å². The van der Waals surface area contributed by atoms with Gasteiger partial charge in [0.2, 0.25) is 0 Å². The van der Waals surface area contributed by atoms with E-state index >= 15 is 0 Å². The summed E-state index contributed by atoms with van der Waals surface area (Å²) in [5.74, 6) is -0.380. The lowest BCUT2D eigenvalue weighted by Gasteiger charge is -2.32. The summed E-state index contributed by atoms with van der Waals surface area (Å²) >= 11 is 1.01. The highest BCUT2D eigenvalue weighted by Crippen LogP contribution is 2.36. The Hall–Kier alpha value is -1.77. The van der Waals surface area contributed by atoms with Crippen LogP contribution in [0.1, 0.15) is 42.1 Å². The van der Waals surface area contributed by atoms with Gasteiger partial charge in [0.15, 0.2) is 17.3 Å². The zero-order chi connectivity index (χ0) is 17.3. The number of nitrogens with zero attached hydrogens (tertiary/aromatic N) is 4. The summed E-state index contributed by atoms with van der Waals surface area (Å²) in [5, 5.41) is 1.48. The molecule has 0 bridgehead atoms. The molecule has 0 N–H and O–H groups in total. The van der Waals surface area contributed by atoms with Crippen molar-refractivity contribution in [3.63, 3.8) is 0 Å². The highest BCUT2D eigenvalue weighted by atomic mass is 32.1. The van der Waals surface area contributed by atoms with Crippen molar-refractivity contribution in [1.29, 1.82) is 0 Å². The van der Waals surface area contributed by atoms with Crippen LogP contribution < -0.4 is 4.90 Å². The second-order valence-corrected chi connectivity index (χ2v) is 6.56. The number of rotatable bonds is 3. The van der Waals surface area contributed by atoms with Gasteiger partial charge < -0.3 is 4.90 Å². The normalized spacial score (nSPS) is 18.9. The van der Waals surface area contributed by atoms with Gasteiger partial charge in [0.05, 0.1) is 10.7 Å². The van der Waals surface area contributed by atoms with E-state index in [1.54, 1.807) is 4.90 Å². The van der Waals surface area contributed by atoms with Crippen molar-refractivity contribution in [1.82, 2.24) is 15.0 Å². The first-order chi connectivity index (χ1) is 11.4. The third kappa shape index (κ3) is 3.35. The number of halogens is 4. The molecular formula is C15H16F4N4S. The monoisotopic (exact) mass is 360 g/mol. The fourth-order valence-corrected chi connectivity index (χ4v) is 3.79. The molecule has 9 heteroatoms. The number of aromatic nitrogens is 3. The van der Waals surface area contributed by atoms with Crippen LogP contribution in [0.2, 0.25) is 0 Å². The molecule has 1 fully saturated rings. The summed E-state index contributed by atoms with van der Waals surface area (Å²) < 4.78 is 52.6. The second kappa shape index (κ2) is 6.62. The van der Waals surface area contributed by atoms with Crippen molar-refractivity contribution in [3.05, 3.63) is 33.9 Å². The Bertz CT molecular complexity index is 716. The van der Waals surface area contributed by atoms with Gasteiger partial charge in [-0.1, -0.05) is 6.92 Å². The molecule has 2 aromatic rings. The number of hydrogen-bond donors (Lipinski definition) is 0. The quantitative estimate of drug-likeness (QED) is 0.775. The van der Waals surface area contributed by atoms with Crippen molar-refractivity contribution >= 4 is 17.2 Å². The van der Waals surface area contributed by atoms with Crippen LogP contribution in [0.3, 0.4) is 0 Å². The topological polar surface area (TPSA) is 41.9 Å². The average Bonchev–Trinajstić information content (AvgIpc) is 3.05. The average molecular weight is 360 g/mol. The number of piperidine rings is 1. The third-order valence-corrected chi connectivity index (χ3v) is 5.07. The lowest BCUT2D eigenvalue weighted by atomic mass is 9.98. The molecule has 0 aromatic carbocycles. The van der Waals surface area contributed by atoms with E-state index in [0.717, 1.165) is 29.6 Å². The third-order valence-electron chi connectivity index (χ3n) is 4.06. The van der Waals surface area contributed by atoms with Crippen molar-refractivity contribution < 1.29 is 17.6 Å². The predicted octanol–water partition coefficient (Wildman–Crippen LogP) is 4.04. The van der Waals surface area contributed by atoms with Crippen LogP contribution in [0.4, 0.5) is 23.4 Å². The van der Waals surface area contributed by atoms with Crippen LogP contribution in [-0.2, 0) is 12.6 Å². The molecule has 3 heterocycles. The molecule has 1 unspecified atom stereocenters. The van der Waals surface area contributed by atoms with Crippen molar-refractivity contribution in [2.75, 3.05) is 18.0 Å². The predicted molar refractivity (Wildman–Crippen MR) is 82.7 cm³/mol. The van der Waals surface area contributed by atoms with E-state index < -0.39 is 17.7 Å². The highest BCUT2D eigenvalue weighted by molar-refractivity contribution is 7.09. The maximum atomic E-state index is 14.4. The summed E-state index contributed by atoms with van der Waals surface area (Å²) in [5.41, 5.74) is -0.517. The van der Waals surface area contributed by atoms with E-state index in [0.29, 0.717) is 30.2 Å². The fraction of sp³-hybridized carbons (Fsp3) is 0.533. The maximum Gasteiger partial charge on any atom is 0.434 e. The zero-order valence-electron chi connectivity index (χ0n) is 13.0. The maximum absolute atomic E-state index is 14.4. The molecule has 1 aliphatic rings. The molecule has 1 aliphatic heterocycles. The summed E-state index contributed by atoms with van der Waals surface area (Å²) in [7, 11) is 0. The molecule has 1 atom stereocenters. The minimum absolute atomic E-state index is 0.153. The first-order valence-corrected chi connectivity index (χ1v) is 8.55. The molecule has 3 rings (SSSR count). The first-order valence-electron chi connectivity index (χ1n) is 7.67. The van der Waals surface area contributed by atoms with Crippen LogP contribution in [0, 0.1) is 5.82 Å². The van der Waals surface area contributed by atoms with E-state index in [1.165, 1.54) is 6.33 Å². The van der Waals surface area contributed by atoms with E-state index in [9.17, 15) is 17.6 Å². The van der Waals surface area contributed by atoms with Crippen LogP contribution in [0.15, 0.2) is 11.7 Å². The Morgan fingerprint density at radius 3 is 2.79 bits per heavy atom. The van der Waals surface area contributed by atoms with Crippen molar-refractivity contribution in [2.45, 2.75) is 38.3 Å². The summed E-state index contributed by atoms with van der Waals surface area (Å²) in [6.07, 6.45) is -1.17. The largest absolute Gasteiger partial charge is 0.434 e. The molecule has 130 valence electrons. The number of anilines is 1. The van der Waals surface area contributed by atoms with Gasteiger partial charge in [-0.2, -0.15) is 13.2 Å². The SMILES string of the molecule is CCc1ncnc(N2CCCC(c3nc(C(F)(F)F)cs3)C2)c1F. The molecular weight excluding hydrogens is 344 g/mol. The summed E-state index contributed by atoms with van der Waals surface area (Å²) in [6, 6.07) is 0. The van der Waals surface area contributed by atoms with Crippen LogP contribution in [0.25, 0.3) is 0 Å². The smallest absolute Gasteiger partial charge is 0.353 e. The minimum Gasteiger partial charge on any atom is -0.353 e. The number of thiazole rings is 1. The highest BCUT2D eigenvalue weighted by Gasteiger charge is 2.35. The molecule has 2 aromatic heterocycles. The van der Waals surface area contributed by atoms with E-state index in [-0.39, 0.29) is 11.7 Å². The summed E-state index contributed by atoms with van der Waals surface area (Å²) in [6.45, 7) is 2.83. The van der Waals surface area contributed by atoms with Crippen LogP contribution in [-0.4, -0.2) is 28.0 Å². The van der Waals surface area contributed by atoms with Crippen LogP contribution in [0.5, 0.6) is 0 Å². The summed E-state index contributed by atoms with van der Waals surface area (Å²) in [4.78, 5) is 13.4.